The van der Waals surface area contributed by atoms with Gasteiger partial charge in [0.1, 0.15) is 5.82 Å². The van der Waals surface area contributed by atoms with Crippen LogP contribution < -0.4 is 22.5 Å². The third-order valence-corrected chi connectivity index (χ3v) is 3.53. The minimum absolute atomic E-state index is 0.245. The van der Waals surface area contributed by atoms with E-state index in [1.807, 2.05) is 12.1 Å². The van der Waals surface area contributed by atoms with Crippen molar-refractivity contribution in [2.24, 2.45) is 5.73 Å². The quantitative estimate of drug-likeness (QED) is 0.540. The molecule has 0 unspecified atom stereocenters. The lowest BCUT2D eigenvalue weighted by molar-refractivity contribution is -0.242. The van der Waals surface area contributed by atoms with Crippen LogP contribution in [-0.4, -0.2) is 16.5 Å². The maximum Gasteiger partial charge on any atom is 0.417 e. The van der Waals surface area contributed by atoms with Gasteiger partial charge in [0, 0.05) is 16.8 Å². The molecule has 0 aliphatic rings. The fourth-order valence-electron chi connectivity index (χ4n) is 2.63. The largest absolute Gasteiger partial charge is 0.417 e. The van der Waals surface area contributed by atoms with Gasteiger partial charge >= 0.3 is 6.03 Å². The second kappa shape index (κ2) is 5.47. The number of hydrogen-bond donors (Lipinski definition) is 4. The zero-order valence-corrected chi connectivity index (χ0v) is 12.2. The molecule has 3 aromatic rings. The number of primary amides is 1. The van der Waals surface area contributed by atoms with Crippen molar-refractivity contribution >= 4 is 34.3 Å². The highest BCUT2D eigenvalue weighted by atomic mass is 16.2. The molecule has 0 saturated heterocycles. The van der Waals surface area contributed by atoms with Gasteiger partial charge in [-0.3, -0.25) is 20.4 Å². The predicted octanol–water partition coefficient (Wildman–Crippen LogP) is 1.09. The first-order valence-corrected chi connectivity index (χ1v) is 6.91. The standard InChI is InChI=1S/C16H15N5O2/c17-9-5-7-10(8-6-9)21-12-4-2-1-3-11(12)13(14(18)22)15(21)20-16(19)23/h1-8H,17H2,(H2,18,22)(H3,19,20,23)/p+1. The smallest absolute Gasteiger partial charge is 0.399 e. The Bertz CT molecular complexity index is 912. The summed E-state index contributed by atoms with van der Waals surface area (Å²) in [4.78, 5) is 23.4. The Labute approximate surface area is 131 Å². The number of carbonyl (C=O) groups excluding carboxylic acids is 2. The molecule has 8 N–H and O–H groups in total. The number of quaternary nitrogens is 1. The van der Waals surface area contributed by atoms with Crippen LogP contribution in [-0.2, 0) is 0 Å². The molecule has 0 atom stereocenters. The molecule has 0 radical (unpaired) electrons. The number of nitrogens with zero attached hydrogens (tertiary/aromatic N) is 1. The van der Waals surface area contributed by atoms with E-state index >= 15 is 0 Å². The number of amides is 3. The molecule has 0 bridgehead atoms. The van der Waals surface area contributed by atoms with Crippen LogP contribution in [0.25, 0.3) is 16.6 Å². The summed E-state index contributed by atoms with van der Waals surface area (Å²) < 4.78 is 1.75. The SMILES string of the molecule is NC(=O)c1c(NC([NH3+])=O)n(-c2ccc(N)cc2)c2ccccc12. The van der Waals surface area contributed by atoms with E-state index in [1.54, 1.807) is 41.0 Å². The fourth-order valence-corrected chi connectivity index (χ4v) is 2.63. The Morgan fingerprint density at radius 3 is 2.30 bits per heavy atom. The molecular formula is C16H16N5O2+. The minimum atomic E-state index is -0.626. The van der Waals surface area contributed by atoms with Crippen LogP contribution in [0.3, 0.4) is 0 Å². The molecule has 2 aromatic carbocycles. The zero-order valence-electron chi connectivity index (χ0n) is 12.2. The Hall–Kier alpha value is -3.32. The van der Waals surface area contributed by atoms with Gasteiger partial charge in [-0.2, -0.15) is 0 Å². The number of benzene rings is 2. The normalized spacial score (nSPS) is 10.7. The molecule has 3 rings (SSSR count). The molecule has 7 heteroatoms. The van der Waals surface area contributed by atoms with E-state index in [0.29, 0.717) is 16.9 Å². The summed E-state index contributed by atoms with van der Waals surface area (Å²) in [5.74, 6) is -0.331. The van der Waals surface area contributed by atoms with Gasteiger partial charge in [0.05, 0.1) is 11.1 Å². The summed E-state index contributed by atoms with van der Waals surface area (Å²) in [5, 5.41) is 3.26. The monoisotopic (exact) mass is 310 g/mol. The molecule has 23 heavy (non-hydrogen) atoms. The van der Waals surface area contributed by atoms with Crippen molar-refractivity contribution < 1.29 is 15.3 Å². The van der Waals surface area contributed by atoms with Gasteiger partial charge in [0.25, 0.3) is 5.91 Å². The van der Waals surface area contributed by atoms with Gasteiger partial charge < -0.3 is 11.5 Å². The van der Waals surface area contributed by atoms with E-state index < -0.39 is 11.9 Å². The molecule has 0 aliphatic carbocycles. The molecule has 1 aromatic heterocycles. The number of nitrogen functional groups attached to an aromatic ring is 1. The van der Waals surface area contributed by atoms with E-state index in [2.05, 4.69) is 11.1 Å². The van der Waals surface area contributed by atoms with Crippen LogP contribution in [0.1, 0.15) is 10.4 Å². The van der Waals surface area contributed by atoms with E-state index in [9.17, 15) is 9.59 Å². The van der Waals surface area contributed by atoms with Crippen LogP contribution >= 0.6 is 0 Å². The third kappa shape index (κ3) is 2.49. The minimum Gasteiger partial charge on any atom is -0.399 e. The van der Waals surface area contributed by atoms with E-state index in [1.165, 1.54) is 0 Å². The summed E-state index contributed by atoms with van der Waals surface area (Å²) in [6, 6.07) is 13.8. The van der Waals surface area contributed by atoms with Crippen molar-refractivity contribution in [2.75, 3.05) is 11.1 Å². The number of anilines is 2. The molecule has 7 nitrogen and oxygen atoms in total. The summed E-state index contributed by atoms with van der Waals surface area (Å²) >= 11 is 0. The summed E-state index contributed by atoms with van der Waals surface area (Å²) in [6.45, 7) is 0. The van der Waals surface area contributed by atoms with Crippen LogP contribution in [0.2, 0.25) is 0 Å². The van der Waals surface area contributed by atoms with Gasteiger partial charge in [-0.25, -0.2) is 4.79 Å². The number of carbonyl (C=O) groups is 2. The Balaban J connectivity index is 2.40. The highest BCUT2D eigenvalue weighted by Crippen LogP contribution is 2.33. The van der Waals surface area contributed by atoms with Crippen molar-refractivity contribution in [1.29, 1.82) is 0 Å². The second-order valence-electron chi connectivity index (χ2n) is 5.08. The van der Waals surface area contributed by atoms with Gasteiger partial charge in [-0.15, -0.1) is 0 Å². The molecule has 0 fully saturated rings. The number of nitrogens with two attached hydrogens (primary N) is 2. The van der Waals surface area contributed by atoms with Crippen LogP contribution in [0.15, 0.2) is 48.5 Å². The molecule has 0 saturated carbocycles. The molecule has 0 spiro atoms. The third-order valence-electron chi connectivity index (χ3n) is 3.53. The number of nitrogens with one attached hydrogen (secondary N) is 1. The first kappa shape index (κ1) is 14.6. The molecule has 116 valence electrons. The van der Waals surface area contributed by atoms with Gasteiger partial charge in [-0.1, -0.05) is 18.2 Å². The maximum atomic E-state index is 11.9. The number of para-hydroxylation sites is 1. The molecule has 1 heterocycles. The predicted molar refractivity (Wildman–Crippen MR) is 88.1 cm³/mol. The highest BCUT2D eigenvalue weighted by molar-refractivity contribution is 6.13. The van der Waals surface area contributed by atoms with Crippen molar-refractivity contribution in [1.82, 2.24) is 4.57 Å². The van der Waals surface area contributed by atoms with E-state index in [-0.39, 0.29) is 5.56 Å². The van der Waals surface area contributed by atoms with E-state index in [0.717, 1.165) is 11.2 Å². The average Bonchev–Trinajstić information content (AvgIpc) is 2.81. The lowest BCUT2D eigenvalue weighted by Crippen LogP contribution is -2.60. The van der Waals surface area contributed by atoms with Gasteiger partial charge in [0.15, 0.2) is 0 Å². The topological polar surface area (TPSA) is 131 Å². The number of fused-ring (bicyclic) bond motifs is 1. The fraction of sp³-hybridized carbons (Fsp3) is 0. The highest BCUT2D eigenvalue weighted by Gasteiger charge is 2.23. The Morgan fingerprint density at radius 1 is 1.04 bits per heavy atom. The average molecular weight is 310 g/mol. The lowest BCUT2D eigenvalue weighted by atomic mass is 10.1. The Kier molecular flexibility index (Phi) is 3.47. The number of rotatable bonds is 3. The summed E-state index contributed by atoms with van der Waals surface area (Å²) in [7, 11) is 0. The molecule has 3 amide bonds. The van der Waals surface area contributed by atoms with E-state index in [4.69, 9.17) is 11.5 Å². The first-order valence-electron chi connectivity index (χ1n) is 6.91. The summed E-state index contributed by atoms with van der Waals surface area (Å²) in [6.07, 6.45) is 0. The number of hydrogen-bond acceptors (Lipinski definition) is 3. The number of aromatic nitrogens is 1. The Morgan fingerprint density at radius 2 is 1.70 bits per heavy atom. The second-order valence-corrected chi connectivity index (χ2v) is 5.08. The first-order chi connectivity index (χ1) is 11.0. The molecule has 0 aliphatic heterocycles. The molecular weight excluding hydrogens is 294 g/mol. The van der Waals surface area contributed by atoms with Crippen LogP contribution in [0.5, 0.6) is 0 Å². The van der Waals surface area contributed by atoms with Crippen molar-refractivity contribution in [2.45, 2.75) is 0 Å². The van der Waals surface area contributed by atoms with Crippen LogP contribution in [0.4, 0.5) is 16.3 Å². The van der Waals surface area contributed by atoms with Crippen molar-refractivity contribution in [3.05, 3.63) is 54.1 Å². The van der Waals surface area contributed by atoms with Gasteiger partial charge in [0.2, 0.25) is 0 Å². The van der Waals surface area contributed by atoms with Crippen molar-refractivity contribution in [3.8, 4) is 5.69 Å². The van der Waals surface area contributed by atoms with Crippen LogP contribution in [0, 0.1) is 0 Å². The maximum absolute atomic E-state index is 11.9. The summed E-state index contributed by atoms with van der Waals surface area (Å²) in [5.41, 5.74) is 16.9. The van der Waals surface area contributed by atoms with Gasteiger partial charge in [-0.05, 0) is 30.3 Å². The lowest BCUT2D eigenvalue weighted by Gasteiger charge is -2.11. The van der Waals surface area contributed by atoms with Crippen molar-refractivity contribution in [3.63, 3.8) is 0 Å². The zero-order chi connectivity index (χ0) is 16.6. The number of urea groups is 1.